The molecule has 0 aliphatic heterocycles. The minimum absolute atomic E-state index is 0.0120. The normalized spacial score (nSPS) is 11.4. The Kier molecular flexibility index (Phi) is 4.30. The van der Waals surface area contributed by atoms with Gasteiger partial charge in [0.25, 0.3) is 5.91 Å². The molecule has 5 nitrogen and oxygen atoms in total. The monoisotopic (exact) mass is 277 g/mol. The maximum Gasteiger partial charge on any atom is 0.257 e. The first-order valence-electron chi connectivity index (χ1n) is 4.87. The lowest BCUT2D eigenvalue weighted by molar-refractivity contribution is 0.0367. The van der Waals surface area contributed by atoms with Crippen molar-refractivity contribution in [3.63, 3.8) is 0 Å². The summed E-state index contributed by atoms with van der Waals surface area (Å²) >= 11 is 11.4. The molecule has 1 aromatic rings. The van der Waals surface area contributed by atoms with Gasteiger partial charge in [-0.05, 0) is 19.9 Å². The summed E-state index contributed by atoms with van der Waals surface area (Å²) in [5, 5.41) is 16.8. The van der Waals surface area contributed by atoms with E-state index in [4.69, 9.17) is 23.2 Å². The molecule has 0 atom stereocenters. The van der Waals surface area contributed by atoms with E-state index in [1.807, 2.05) is 0 Å². The van der Waals surface area contributed by atoms with Gasteiger partial charge in [0.05, 0.1) is 11.2 Å². The summed E-state index contributed by atoms with van der Waals surface area (Å²) in [6.07, 6.45) is 0. The van der Waals surface area contributed by atoms with E-state index in [1.165, 1.54) is 11.0 Å². The summed E-state index contributed by atoms with van der Waals surface area (Å²) in [7, 11) is 1.56. The van der Waals surface area contributed by atoms with Crippen LogP contribution in [0.15, 0.2) is 6.07 Å². The predicted molar refractivity (Wildman–Crippen MR) is 65.3 cm³/mol. The van der Waals surface area contributed by atoms with Crippen LogP contribution < -0.4 is 0 Å². The molecule has 0 aromatic carbocycles. The minimum Gasteiger partial charge on any atom is -0.389 e. The molecule has 1 N–H and O–H groups in total. The van der Waals surface area contributed by atoms with Crippen LogP contribution >= 0.6 is 23.2 Å². The van der Waals surface area contributed by atoms with E-state index >= 15 is 0 Å². The number of aliphatic hydroxyl groups is 1. The number of hydrogen-bond acceptors (Lipinski definition) is 4. The van der Waals surface area contributed by atoms with E-state index in [-0.39, 0.29) is 28.3 Å². The Balaban J connectivity index is 2.93. The molecule has 0 bridgehead atoms. The Bertz CT molecular complexity index is 432. The van der Waals surface area contributed by atoms with Crippen LogP contribution in [0.2, 0.25) is 10.3 Å². The average Bonchev–Trinajstić information content (AvgIpc) is 2.18. The highest BCUT2D eigenvalue weighted by atomic mass is 35.5. The SMILES string of the molecule is CN(CC(C)(C)O)C(=O)c1cc(Cl)nnc1Cl. The number of aromatic nitrogens is 2. The average molecular weight is 278 g/mol. The standard InChI is InChI=1S/C10H13Cl2N3O2/c1-10(2,17)5-15(3)9(16)6-4-7(11)13-14-8(6)12/h4,17H,5H2,1-3H3. The zero-order chi connectivity index (χ0) is 13.2. The number of rotatable bonds is 3. The van der Waals surface area contributed by atoms with Gasteiger partial charge in [-0.1, -0.05) is 23.2 Å². The predicted octanol–water partition coefficient (Wildman–Crippen LogP) is 1.63. The molecule has 0 unspecified atom stereocenters. The third kappa shape index (κ3) is 4.11. The third-order valence-corrected chi connectivity index (χ3v) is 2.38. The van der Waals surface area contributed by atoms with Crippen LogP contribution in [0.5, 0.6) is 0 Å². The Hall–Kier alpha value is -0.910. The van der Waals surface area contributed by atoms with E-state index in [0.717, 1.165) is 0 Å². The summed E-state index contributed by atoms with van der Waals surface area (Å²) < 4.78 is 0. The first kappa shape index (κ1) is 14.2. The number of carbonyl (C=O) groups excluding carboxylic acids is 1. The molecule has 94 valence electrons. The van der Waals surface area contributed by atoms with Gasteiger partial charge in [0.1, 0.15) is 0 Å². The molecular formula is C10H13Cl2N3O2. The first-order valence-corrected chi connectivity index (χ1v) is 5.63. The molecule has 1 aromatic heterocycles. The van der Waals surface area contributed by atoms with Crippen molar-refractivity contribution in [3.8, 4) is 0 Å². The van der Waals surface area contributed by atoms with Crippen LogP contribution in [-0.2, 0) is 0 Å². The van der Waals surface area contributed by atoms with Crippen molar-refractivity contribution >= 4 is 29.1 Å². The molecule has 1 rings (SSSR count). The molecule has 0 spiro atoms. The molecule has 0 aliphatic rings. The minimum atomic E-state index is -0.985. The largest absolute Gasteiger partial charge is 0.389 e. The maximum absolute atomic E-state index is 12.0. The quantitative estimate of drug-likeness (QED) is 0.912. The van der Waals surface area contributed by atoms with Gasteiger partial charge in [0.2, 0.25) is 0 Å². The number of amides is 1. The fourth-order valence-electron chi connectivity index (χ4n) is 1.36. The van der Waals surface area contributed by atoms with Crippen LogP contribution in [0.25, 0.3) is 0 Å². The van der Waals surface area contributed by atoms with Crippen molar-refractivity contribution < 1.29 is 9.90 Å². The second kappa shape index (κ2) is 5.16. The van der Waals surface area contributed by atoms with Gasteiger partial charge in [0.15, 0.2) is 10.3 Å². The van der Waals surface area contributed by atoms with Gasteiger partial charge < -0.3 is 10.0 Å². The fraction of sp³-hybridized carbons (Fsp3) is 0.500. The molecule has 0 radical (unpaired) electrons. The smallest absolute Gasteiger partial charge is 0.257 e. The summed E-state index contributed by atoms with van der Waals surface area (Å²) in [5.41, 5.74) is -0.820. The van der Waals surface area contributed by atoms with Crippen LogP contribution in [-0.4, -0.2) is 45.3 Å². The van der Waals surface area contributed by atoms with Crippen molar-refractivity contribution in [2.45, 2.75) is 19.4 Å². The zero-order valence-electron chi connectivity index (χ0n) is 9.74. The van der Waals surface area contributed by atoms with Crippen molar-refractivity contribution in [1.82, 2.24) is 15.1 Å². The highest BCUT2D eigenvalue weighted by Gasteiger charge is 2.22. The van der Waals surface area contributed by atoms with Gasteiger partial charge in [-0.15, -0.1) is 10.2 Å². The molecule has 0 fully saturated rings. The van der Waals surface area contributed by atoms with Crippen LogP contribution in [0.3, 0.4) is 0 Å². The summed E-state index contributed by atoms with van der Waals surface area (Å²) in [6.45, 7) is 3.38. The number of nitrogens with zero attached hydrogens (tertiary/aromatic N) is 3. The Labute approximate surface area is 109 Å². The second-order valence-electron chi connectivity index (χ2n) is 4.35. The highest BCUT2D eigenvalue weighted by Crippen LogP contribution is 2.17. The molecular weight excluding hydrogens is 265 g/mol. The van der Waals surface area contributed by atoms with Gasteiger partial charge in [0, 0.05) is 13.6 Å². The summed E-state index contributed by atoms with van der Waals surface area (Å²) in [6, 6.07) is 1.35. The highest BCUT2D eigenvalue weighted by molar-refractivity contribution is 6.34. The zero-order valence-corrected chi connectivity index (χ0v) is 11.2. The third-order valence-electron chi connectivity index (χ3n) is 1.92. The Morgan fingerprint density at radius 3 is 2.59 bits per heavy atom. The van der Waals surface area contributed by atoms with Crippen LogP contribution in [0.4, 0.5) is 0 Å². The van der Waals surface area contributed by atoms with Crippen molar-refractivity contribution in [2.75, 3.05) is 13.6 Å². The van der Waals surface area contributed by atoms with Gasteiger partial charge in [-0.2, -0.15) is 0 Å². The van der Waals surface area contributed by atoms with Gasteiger partial charge in [-0.25, -0.2) is 0 Å². The van der Waals surface area contributed by atoms with Crippen LogP contribution in [0, 0.1) is 0 Å². The number of carbonyl (C=O) groups is 1. The van der Waals surface area contributed by atoms with Gasteiger partial charge >= 0.3 is 0 Å². The van der Waals surface area contributed by atoms with Crippen molar-refractivity contribution in [1.29, 1.82) is 0 Å². The fourth-order valence-corrected chi connectivity index (χ4v) is 1.68. The summed E-state index contributed by atoms with van der Waals surface area (Å²) in [4.78, 5) is 13.3. The first-order chi connectivity index (χ1) is 7.70. The Morgan fingerprint density at radius 2 is 2.06 bits per heavy atom. The Morgan fingerprint density at radius 1 is 1.47 bits per heavy atom. The van der Waals surface area contributed by atoms with E-state index in [2.05, 4.69) is 10.2 Å². The summed E-state index contributed by atoms with van der Waals surface area (Å²) in [5.74, 6) is -0.367. The number of likely N-dealkylation sites (N-methyl/N-ethyl adjacent to an activating group) is 1. The lowest BCUT2D eigenvalue weighted by Crippen LogP contribution is -2.39. The maximum atomic E-state index is 12.0. The topological polar surface area (TPSA) is 66.3 Å². The van der Waals surface area contributed by atoms with Crippen molar-refractivity contribution in [3.05, 3.63) is 21.9 Å². The molecule has 0 saturated heterocycles. The van der Waals surface area contributed by atoms with E-state index in [0.29, 0.717) is 0 Å². The van der Waals surface area contributed by atoms with Crippen molar-refractivity contribution in [2.24, 2.45) is 0 Å². The molecule has 0 saturated carbocycles. The van der Waals surface area contributed by atoms with E-state index in [9.17, 15) is 9.90 Å². The van der Waals surface area contributed by atoms with Crippen LogP contribution in [0.1, 0.15) is 24.2 Å². The number of hydrogen-bond donors (Lipinski definition) is 1. The van der Waals surface area contributed by atoms with E-state index < -0.39 is 5.60 Å². The number of halogens is 2. The van der Waals surface area contributed by atoms with Gasteiger partial charge in [-0.3, -0.25) is 4.79 Å². The lowest BCUT2D eigenvalue weighted by atomic mass is 10.1. The van der Waals surface area contributed by atoms with E-state index in [1.54, 1.807) is 20.9 Å². The lowest BCUT2D eigenvalue weighted by Gasteiger charge is -2.25. The molecule has 1 heterocycles. The molecule has 7 heteroatoms. The molecule has 17 heavy (non-hydrogen) atoms. The molecule has 1 amide bonds. The molecule has 0 aliphatic carbocycles. The second-order valence-corrected chi connectivity index (χ2v) is 5.09.